The van der Waals surface area contributed by atoms with Gasteiger partial charge in [-0.05, 0) is 14.0 Å². The molecule has 0 saturated carbocycles. The third kappa shape index (κ3) is 7.67. The predicted molar refractivity (Wildman–Crippen MR) is 57.6 cm³/mol. The van der Waals surface area contributed by atoms with E-state index in [1.54, 1.807) is 0 Å². The van der Waals surface area contributed by atoms with E-state index in [9.17, 15) is 4.79 Å². The van der Waals surface area contributed by atoms with Gasteiger partial charge in [-0.3, -0.25) is 9.69 Å². The quantitative estimate of drug-likeness (QED) is 0.584. The minimum Gasteiger partial charge on any atom is -0.392 e. The Morgan fingerprint density at radius 1 is 1.62 bits per heavy atom. The number of amides is 1. The summed E-state index contributed by atoms with van der Waals surface area (Å²) in [6.45, 7) is 3.83. The summed E-state index contributed by atoms with van der Waals surface area (Å²) in [5, 5.41) is 2.72. The zero-order valence-corrected chi connectivity index (χ0v) is 8.99. The number of rotatable bonds is 6. The highest BCUT2D eigenvalue weighted by Gasteiger charge is 2.03. The van der Waals surface area contributed by atoms with Gasteiger partial charge in [0.15, 0.2) is 0 Å². The van der Waals surface area contributed by atoms with Crippen molar-refractivity contribution in [2.24, 2.45) is 5.73 Å². The molecule has 0 radical (unpaired) electrons. The molecule has 0 fully saturated rings. The Balaban J connectivity index is 3.51. The van der Waals surface area contributed by atoms with Crippen molar-refractivity contribution in [3.05, 3.63) is 0 Å². The lowest BCUT2D eigenvalue weighted by atomic mass is 10.3. The number of hydrogen-bond acceptors (Lipinski definition) is 3. The molecule has 76 valence electrons. The molecule has 1 amide bonds. The lowest BCUT2D eigenvalue weighted by Gasteiger charge is -2.14. The van der Waals surface area contributed by atoms with E-state index in [1.807, 2.05) is 18.9 Å². The fraction of sp³-hybridized carbons (Fsp3) is 0.750. The molecule has 0 spiro atoms. The molecule has 0 aromatic carbocycles. The Labute approximate surface area is 84.5 Å². The van der Waals surface area contributed by atoms with Gasteiger partial charge in [-0.15, -0.1) is 0 Å². The van der Waals surface area contributed by atoms with Crippen LogP contribution in [0.3, 0.4) is 0 Å². The Morgan fingerprint density at radius 2 is 2.23 bits per heavy atom. The summed E-state index contributed by atoms with van der Waals surface area (Å²) in [5.74, 6) is 0.0669. The maximum atomic E-state index is 11.0. The second-order valence-electron chi connectivity index (χ2n) is 2.91. The molecule has 4 nitrogen and oxygen atoms in total. The molecular weight excluding hydrogens is 186 g/mol. The first-order valence-electron chi connectivity index (χ1n) is 4.29. The van der Waals surface area contributed by atoms with Gasteiger partial charge in [0.25, 0.3) is 0 Å². The van der Waals surface area contributed by atoms with Crippen molar-refractivity contribution in [2.45, 2.75) is 13.3 Å². The maximum absolute atomic E-state index is 11.0. The normalized spacial score (nSPS) is 10.1. The standard InChI is InChI=1S/C8H17N3OS/c1-3-10-8(12)4-5-11(2)6-7(9)13/h3-6H2,1-2H3,(H2,9,13)(H,10,12). The molecule has 3 N–H and O–H groups in total. The Kier molecular flexibility index (Phi) is 6.44. The molecular formula is C8H17N3OS. The van der Waals surface area contributed by atoms with E-state index in [2.05, 4.69) is 5.32 Å². The van der Waals surface area contributed by atoms with Crippen LogP contribution in [-0.4, -0.2) is 42.5 Å². The SMILES string of the molecule is CCNC(=O)CCN(C)CC(N)=S. The molecule has 0 unspecified atom stereocenters. The molecule has 13 heavy (non-hydrogen) atoms. The summed E-state index contributed by atoms with van der Waals surface area (Å²) in [6, 6.07) is 0. The first kappa shape index (κ1) is 12.3. The molecule has 0 heterocycles. The third-order valence-electron chi connectivity index (χ3n) is 1.52. The summed E-state index contributed by atoms with van der Waals surface area (Å²) in [6.07, 6.45) is 0.493. The number of nitrogens with one attached hydrogen (secondary N) is 1. The fourth-order valence-electron chi connectivity index (χ4n) is 0.923. The van der Waals surface area contributed by atoms with Crippen LogP contribution in [0.4, 0.5) is 0 Å². The van der Waals surface area contributed by atoms with E-state index in [0.29, 0.717) is 31.0 Å². The first-order chi connectivity index (χ1) is 6.06. The second-order valence-corrected chi connectivity index (χ2v) is 3.43. The van der Waals surface area contributed by atoms with Crippen molar-refractivity contribution in [1.29, 1.82) is 0 Å². The van der Waals surface area contributed by atoms with E-state index in [1.165, 1.54) is 0 Å². The number of nitrogens with two attached hydrogens (primary N) is 1. The smallest absolute Gasteiger partial charge is 0.221 e. The highest BCUT2D eigenvalue weighted by atomic mass is 32.1. The van der Waals surface area contributed by atoms with Crippen molar-refractivity contribution in [2.75, 3.05) is 26.7 Å². The lowest BCUT2D eigenvalue weighted by Crippen LogP contribution is -2.33. The highest BCUT2D eigenvalue weighted by Crippen LogP contribution is 1.87. The van der Waals surface area contributed by atoms with Crippen LogP contribution in [0, 0.1) is 0 Å². The van der Waals surface area contributed by atoms with Crippen LogP contribution in [0.15, 0.2) is 0 Å². The lowest BCUT2D eigenvalue weighted by molar-refractivity contribution is -0.121. The van der Waals surface area contributed by atoms with Gasteiger partial charge in [0.05, 0.1) is 4.99 Å². The van der Waals surface area contributed by atoms with Crippen molar-refractivity contribution < 1.29 is 4.79 Å². The van der Waals surface area contributed by atoms with E-state index < -0.39 is 0 Å². The number of carbonyl (C=O) groups excluding carboxylic acids is 1. The van der Waals surface area contributed by atoms with Crippen molar-refractivity contribution >= 4 is 23.1 Å². The molecule has 0 aliphatic heterocycles. The summed E-state index contributed by atoms with van der Waals surface area (Å²) < 4.78 is 0. The van der Waals surface area contributed by atoms with Gasteiger partial charge in [-0.25, -0.2) is 0 Å². The van der Waals surface area contributed by atoms with Crippen molar-refractivity contribution in [3.8, 4) is 0 Å². The Hall–Kier alpha value is -0.680. The molecule has 0 aromatic heterocycles. The predicted octanol–water partition coefficient (Wildman–Crippen LogP) is -0.269. The van der Waals surface area contributed by atoms with Crippen molar-refractivity contribution in [1.82, 2.24) is 10.2 Å². The molecule has 0 bridgehead atoms. The molecule has 0 aliphatic carbocycles. The first-order valence-corrected chi connectivity index (χ1v) is 4.70. The zero-order valence-electron chi connectivity index (χ0n) is 8.17. The number of carbonyl (C=O) groups is 1. The van der Waals surface area contributed by atoms with Gasteiger partial charge >= 0.3 is 0 Å². The minimum atomic E-state index is 0.0669. The van der Waals surface area contributed by atoms with Crippen LogP contribution in [0.5, 0.6) is 0 Å². The third-order valence-corrected chi connectivity index (χ3v) is 1.65. The topological polar surface area (TPSA) is 58.4 Å². The van der Waals surface area contributed by atoms with E-state index >= 15 is 0 Å². The summed E-state index contributed by atoms with van der Waals surface area (Å²) in [4.78, 5) is 13.4. The maximum Gasteiger partial charge on any atom is 0.221 e. The molecule has 5 heteroatoms. The monoisotopic (exact) mass is 203 g/mol. The van der Waals surface area contributed by atoms with Crippen LogP contribution in [-0.2, 0) is 4.79 Å². The van der Waals surface area contributed by atoms with E-state index in [0.717, 1.165) is 0 Å². The second kappa shape index (κ2) is 6.80. The number of likely N-dealkylation sites (N-methyl/N-ethyl adjacent to an activating group) is 1. The van der Waals surface area contributed by atoms with E-state index in [4.69, 9.17) is 18.0 Å². The number of hydrogen-bond donors (Lipinski definition) is 2. The Morgan fingerprint density at radius 3 is 2.69 bits per heavy atom. The van der Waals surface area contributed by atoms with Crippen molar-refractivity contribution in [3.63, 3.8) is 0 Å². The minimum absolute atomic E-state index is 0.0669. The molecule has 0 rings (SSSR count). The number of nitrogens with zero attached hydrogens (tertiary/aromatic N) is 1. The van der Waals surface area contributed by atoms with Gasteiger partial charge in [-0.1, -0.05) is 12.2 Å². The summed E-state index contributed by atoms with van der Waals surface area (Å²) >= 11 is 4.74. The zero-order chi connectivity index (χ0) is 10.3. The average Bonchev–Trinajstić information content (AvgIpc) is 2.00. The van der Waals surface area contributed by atoms with E-state index in [-0.39, 0.29) is 5.91 Å². The summed E-state index contributed by atoms with van der Waals surface area (Å²) in [7, 11) is 1.89. The largest absolute Gasteiger partial charge is 0.392 e. The molecule has 0 aromatic rings. The van der Waals surface area contributed by atoms with Crippen LogP contribution in [0.1, 0.15) is 13.3 Å². The Bertz CT molecular complexity index is 184. The number of thiocarbonyl (C=S) groups is 1. The van der Waals surface area contributed by atoms with Gasteiger partial charge in [0, 0.05) is 26.1 Å². The van der Waals surface area contributed by atoms with Crippen LogP contribution < -0.4 is 11.1 Å². The fourth-order valence-corrected chi connectivity index (χ4v) is 1.14. The average molecular weight is 203 g/mol. The van der Waals surface area contributed by atoms with Gasteiger partial charge in [0.1, 0.15) is 0 Å². The summed E-state index contributed by atoms with van der Waals surface area (Å²) in [5.41, 5.74) is 5.35. The van der Waals surface area contributed by atoms with Crippen LogP contribution in [0.25, 0.3) is 0 Å². The highest BCUT2D eigenvalue weighted by molar-refractivity contribution is 7.80. The van der Waals surface area contributed by atoms with Gasteiger partial charge in [0.2, 0.25) is 5.91 Å². The molecule has 0 aliphatic rings. The molecule has 0 saturated heterocycles. The van der Waals surface area contributed by atoms with Gasteiger partial charge < -0.3 is 11.1 Å². The van der Waals surface area contributed by atoms with Crippen LogP contribution >= 0.6 is 12.2 Å². The molecule has 0 atom stereocenters. The van der Waals surface area contributed by atoms with Gasteiger partial charge in [-0.2, -0.15) is 0 Å². The van der Waals surface area contributed by atoms with Crippen LogP contribution in [0.2, 0.25) is 0 Å².